The van der Waals surface area contributed by atoms with Crippen LogP contribution in [-0.4, -0.2) is 24.2 Å². The van der Waals surface area contributed by atoms with Crippen LogP contribution in [-0.2, 0) is 4.79 Å². The number of benzene rings is 2. The lowest BCUT2D eigenvalue weighted by Gasteiger charge is -2.06. The summed E-state index contributed by atoms with van der Waals surface area (Å²) >= 11 is 3.03. The van der Waals surface area contributed by atoms with Crippen LogP contribution < -0.4 is 10.2 Å². The van der Waals surface area contributed by atoms with E-state index in [0.717, 1.165) is 16.3 Å². The molecule has 0 radical (unpaired) electrons. The smallest absolute Gasteiger partial charge is 0.186 e. The predicted molar refractivity (Wildman–Crippen MR) is 98.8 cm³/mol. The number of nitrogens with zero attached hydrogens (tertiary/aromatic N) is 1. The maximum atomic E-state index is 11.8. The number of methoxy groups -OCH3 is 1. The number of carbonyl (C=O) groups excluding carboxylic acids is 1. The summed E-state index contributed by atoms with van der Waals surface area (Å²) in [5.41, 5.74) is 3.70. The molecule has 0 amide bonds. The van der Waals surface area contributed by atoms with Gasteiger partial charge in [0.05, 0.1) is 12.8 Å². The van der Waals surface area contributed by atoms with E-state index in [2.05, 4.69) is 10.5 Å². The highest BCUT2D eigenvalue weighted by Gasteiger charge is 2.09. The van der Waals surface area contributed by atoms with Gasteiger partial charge in [0.2, 0.25) is 0 Å². The third-order valence-electron chi connectivity index (χ3n) is 2.95. The number of rotatable bonds is 6. The molecule has 2 rings (SSSR count). The minimum Gasteiger partial charge on any atom is -0.497 e. The molecular weight excluding hydrogens is 328 g/mol. The number of thioether (sulfide) groups is 2. The van der Waals surface area contributed by atoms with E-state index < -0.39 is 0 Å². The van der Waals surface area contributed by atoms with E-state index in [1.807, 2.05) is 54.8 Å². The number of ether oxygens (including phenoxy) is 1. The molecule has 0 aromatic heterocycles. The number of nitrogens with one attached hydrogen (secondary N) is 1. The van der Waals surface area contributed by atoms with Gasteiger partial charge in [-0.15, -0.1) is 11.8 Å². The van der Waals surface area contributed by atoms with Crippen molar-refractivity contribution in [1.29, 1.82) is 0 Å². The summed E-state index contributed by atoms with van der Waals surface area (Å²) in [6.07, 6.45) is 2.03. The monoisotopic (exact) mass is 346 g/mol. The molecule has 0 atom stereocenters. The summed E-state index contributed by atoms with van der Waals surface area (Å²) in [6.45, 7) is 1.51. The van der Waals surface area contributed by atoms with E-state index in [0.29, 0.717) is 5.04 Å². The van der Waals surface area contributed by atoms with Crippen molar-refractivity contribution in [2.45, 2.75) is 16.7 Å². The highest BCUT2D eigenvalue weighted by Crippen LogP contribution is 2.24. The van der Waals surface area contributed by atoms with Gasteiger partial charge in [0.15, 0.2) is 10.8 Å². The molecule has 6 heteroatoms. The van der Waals surface area contributed by atoms with Gasteiger partial charge in [0, 0.05) is 16.7 Å². The predicted octanol–water partition coefficient (Wildman–Crippen LogP) is 4.52. The van der Waals surface area contributed by atoms with Crippen molar-refractivity contribution < 1.29 is 9.53 Å². The van der Waals surface area contributed by atoms with E-state index in [1.54, 1.807) is 18.9 Å². The Kier molecular flexibility index (Phi) is 6.55. The Morgan fingerprint density at radius 2 is 1.65 bits per heavy atom. The van der Waals surface area contributed by atoms with Crippen LogP contribution in [0.15, 0.2) is 63.4 Å². The second-order valence-corrected chi connectivity index (χ2v) is 6.53. The number of anilines is 1. The lowest BCUT2D eigenvalue weighted by atomic mass is 10.3. The van der Waals surface area contributed by atoms with Gasteiger partial charge in [-0.25, -0.2) is 0 Å². The third kappa shape index (κ3) is 5.33. The Labute approximate surface area is 144 Å². The quantitative estimate of drug-likeness (QED) is 0.361. The van der Waals surface area contributed by atoms with Crippen LogP contribution in [0.4, 0.5) is 5.69 Å². The summed E-state index contributed by atoms with van der Waals surface area (Å²) in [5, 5.41) is 4.64. The van der Waals surface area contributed by atoms with Crippen molar-refractivity contribution in [2.24, 2.45) is 5.10 Å². The van der Waals surface area contributed by atoms with Gasteiger partial charge in [0.25, 0.3) is 0 Å². The number of hydrogen-bond donors (Lipinski definition) is 1. The Morgan fingerprint density at radius 3 is 2.17 bits per heavy atom. The summed E-state index contributed by atoms with van der Waals surface area (Å²) in [6, 6.07) is 15.4. The summed E-state index contributed by atoms with van der Waals surface area (Å²) in [7, 11) is 1.62. The molecule has 0 saturated heterocycles. The van der Waals surface area contributed by atoms with Crippen LogP contribution in [0.25, 0.3) is 0 Å². The zero-order valence-corrected chi connectivity index (χ0v) is 14.8. The van der Waals surface area contributed by atoms with Crippen LogP contribution in [0.2, 0.25) is 0 Å². The van der Waals surface area contributed by atoms with Crippen LogP contribution in [0.1, 0.15) is 6.92 Å². The molecule has 2 aromatic carbocycles. The maximum Gasteiger partial charge on any atom is 0.186 e. The molecule has 4 nitrogen and oxygen atoms in total. The zero-order chi connectivity index (χ0) is 16.7. The van der Waals surface area contributed by atoms with Crippen molar-refractivity contribution in [2.75, 3.05) is 18.8 Å². The summed E-state index contributed by atoms with van der Waals surface area (Å²) < 4.78 is 5.11. The second-order valence-electron chi connectivity index (χ2n) is 4.59. The molecular formula is C17H18N2O2S2. The van der Waals surface area contributed by atoms with E-state index in [-0.39, 0.29) is 5.78 Å². The number of hydrazone groups is 1. The molecule has 23 heavy (non-hydrogen) atoms. The zero-order valence-electron chi connectivity index (χ0n) is 13.2. The van der Waals surface area contributed by atoms with Crippen LogP contribution in [0.3, 0.4) is 0 Å². The van der Waals surface area contributed by atoms with Crippen molar-refractivity contribution >= 4 is 40.0 Å². The van der Waals surface area contributed by atoms with Crippen LogP contribution >= 0.6 is 23.5 Å². The van der Waals surface area contributed by atoms with E-state index in [9.17, 15) is 4.79 Å². The lowest BCUT2D eigenvalue weighted by Crippen LogP contribution is -2.08. The maximum absolute atomic E-state index is 11.8. The van der Waals surface area contributed by atoms with Gasteiger partial charge in [-0.3, -0.25) is 10.2 Å². The Balaban J connectivity index is 2.08. The van der Waals surface area contributed by atoms with Crippen molar-refractivity contribution in [3.63, 3.8) is 0 Å². The molecule has 0 saturated carbocycles. The third-order valence-corrected chi connectivity index (χ3v) is 4.78. The molecule has 1 N–H and O–H groups in total. The van der Waals surface area contributed by atoms with E-state index in [1.165, 1.54) is 23.6 Å². The number of Topliss-reactive ketones (excluding diaryl/α,β-unsaturated/α-hetero) is 1. The number of carbonyl (C=O) groups is 1. The Morgan fingerprint density at radius 1 is 1.04 bits per heavy atom. The minimum absolute atomic E-state index is 0.0787. The Bertz CT molecular complexity index is 683. The minimum atomic E-state index is -0.0787. The second kappa shape index (κ2) is 8.64. The summed E-state index contributed by atoms with van der Waals surface area (Å²) in [4.78, 5) is 13.9. The largest absolute Gasteiger partial charge is 0.497 e. The number of ketones is 1. The fourth-order valence-corrected chi connectivity index (χ4v) is 2.85. The van der Waals surface area contributed by atoms with Gasteiger partial charge in [-0.2, -0.15) is 5.10 Å². The van der Waals surface area contributed by atoms with Gasteiger partial charge in [-0.05, 0) is 54.8 Å². The lowest BCUT2D eigenvalue weighted by molar-refractivity contribution is -0.110. The standard InChI is InChI=1S/C17H18N2O2S2/c1-12(20)17(23-16-10-8-15(22-3)9-11-16)19-18-13-4-6-14(21-2)7-5-13/h4-11,18H,1-3H3. The first-order chi connectivity index (χ1) is 11.1. The first-order valence-corrected chi connectivity index (χ1v) is 8.97. The average Bonchev–Trinajstić information content (AvgIpc) is 2.59. The molecule has 0 aliphatic heterocycles. The molecule has 0 heterocycles. The highest BCUT2D eigenvalue weighted by atomic mass is 32.2. The fraction of sp³-hybridized carbons (Fsp3) is 0.176. The summed E-state index contributed by atoms with van der Waals surface area (Å²) in [5.74, 6) is 0.694. The van der Waals surface area contributed by atoms with Crippen molar-refractivity contribution in [3.8, 4) is 5.75 Å². The Hall–Kier alpha value is -1.92. The molecule has 2 aromatic rings. The van der Waals surface area contributed by atoms with Crippen LogP contribution in [0, 0.1) is 0 Å². The van der Waals surface area contributed by atoms with E-state index >= 15 is 0 Å². The molecule has 0 fully saturated rings. The van der Waals surface area contributed by atoms with E-state index in [4.69, 9.17) is 4.74 Å². The number of hydrogen-bond acceptors (Lipinski definition) is 6. The molecule has 0 bridgehead atoms. The van der Waals surface area contributed by atoms with Gasteiger partial charge >= 0.3 is 0 Å². The van der Waals surface area contributed by atoms with Crippen molar-refractivity contribution in [3.05, 3.63) is 48.5 Å². The van der Waals surface area contributed by atoms with Crippen LogP contribution in [0.5, 0.6) is 5.75 Å². The SMILES string of the molecule is COc1ccc(NN=C(Sc2ccc(SC)cc2)C(C)=O)cc1. The van der Waals surface area contributed by atoms with Gasteiger partial charge in [-0.1, -0.05) is 11.8 Å². The topological polar surface area (TPSA) is 50.7 Å². The molecule has 0 aliphatic carbocycles. The molecule has 0 unspecified atom stereocenters. The fourth-order valence-electron chi connectivity index (χ4n) is 1.71. The van der Waals surface area contributed by atoms with Gasteiger partial charge in [0.1, 0.15) is 5.75 Å². The molecule has 120 valence electrons. The first kappa shape index (κ1) is 17.4. The molecule has 0 aliphatic rings. The highest BCUT2D eigenvalue weighted by molar-refractivity contribution is 8.15. The van der Waals surface area contributed by atoms with Crippen molar-refractivity contribution in [1.82, 2.24) is 0 Å². The first-order valence-electron chi connectivity index (χ1n) is 6.93. The average molecular weight is 346 g/mol. The normalized spacial score (nSPS) is 11.2. The molecule has 0 spiro atoms. The van der Waals surface area contributed by atoms with Gasteiger partial charge < -0.3 is 4.74 Å².